The number of fused-ring (bicyclic) bond motifs is 3. The number of hydrogen-bond donors (Lipinski definition) is 0. The average Bonchev–Trinajstić information content (AvgIpc) is 3.06. The largest absolute Gasteiger partial charge is 0.252 e. The minimum absolute atomic E-state index is 1.12. The van der Waals surface area contributed by atoms with E-state index in [-0.39, 0.29) is 0 Å². The molecule has 0 unspecified atom stereocenters. The lowest BCUT2D eigenvalue weighted by Crippen LogP contribution is -1.87. The van der Waals surface area contributed by atoms with Gasteiger partial charge in [0, 0.05) is 16.6 Å². The summed E-state index contributed by atoms with van der Waals surface area (Å²) in [6, 6.07) is 8.67. The Hall–Kier alpha value is -1.52. The molecule has 1 aromatic carbocycles. The first kappa shape index (κ1) is 11.3. The topological polar surface area (TPSA) is 25.8 Å². The summed E-state index contributed by atoms with van der Waals surface area (Å²) in [7, 11) is 0. The van der Waals surface area contributed by atoms with Gasteiger partial charge >= 0.3 is 0 Å². The second-order valence-corrected chi connectivity index (χ2v) is 6.64. The first-order valence-electron chi connectivity index (χ1n) is 6.38. The van der Waals surface area contributed by atoms with Crippen LogP contribution in [0.4, 0.5) is 0 Å². The summed E-state index contributed by atoms with van der Waals surface area (Å²) in [5, 5.41) is 1.12. The van der Waals surface area contributed by atoms with Crippen molar-refractivity contribution in [2.75, 3.05) is 0 Å². The molecule has 4 heteroatoms. The van der Waals surface area contributed by atoms with Crippen LogP contribution in [0.1, 0.15) is 16.9 Å². The molecule has 4 rings (SSSR count). The Morgan fingerprint density at radius 3 is 2.95 bits per heavy atom. The predicted molar refractivity (Wildman–Crippen MR) is 80.7 cm³/mol. The number of benzene rings is 1. The molecular weight excluding hydrogens is 272 g/mol. The lowest BCUT2D eigenvalue weighted by atomic mass is 10.0. The molecule has 0 bridgehead atoms. The Kier molecular flexibility index (Phi) is 2.71. The molecular formula is C15H12N2S2. The highest BCUT2D eigenvalue weighted by Crippen LogP contribution is 2.39. The summed E-state index contributed by atoms with van der Waals surface area (Å²) in [4.78, 5) is 11.6. The average molecular weight is 284 g/mol. The van der Waals surface area contributed by atoms with Crippen LogP contribution in [-0.4, -0.2) is 9.97 Å². The van der Waals surface area contributed by atoms with Crippen LogP contribution in [0.3, 0.4) is 0 Å². The van der Waals surface area contributed by atoms with Crippen LogP contribution in [0.2, 0.25) is 0 Å². The van der Waals surface area contributed by atoms with Crippen LogP contribution < -0.4 is 0 Å². The van der Waals surface area contributed by atoms with Gasteiger partial charge in [0.2, 0.25) is 0 Å². The lowest BCUT2D eigenvalue weighted by molar-refractivity contribution is 0.843. The Morgan fingerprint density at radius 1 is 1.11 bits per heavy atom. The number of hydrogen-bond acceptors (Lipinski definition) is 4. The zero-order valence-electron chi connectivity index (χ0n) is 10.3. The highest BCUT2D eigenvalue weighted by atomic mass is 32.1. The van der Waals surface area contributed by atoms with Gasteiger partial charge in [-0.25, -0.2) is 4.98 Å². The molecule has 0 saturated carbocycles. The fourth-order valence-corrected chi connectivity index (χ4v) is 4.36. The monoisotopic (exact) mass is 284 g/mol. The van der Waals surface area contributed by atoms with Gasteiger partial charge in [0.1, 0.15) is 5.01 Å². The molecule has 1 aliphatic rings. The molecule has 2 aromatic heterocycles. The van der Waals surface area contributed by atoms with Crippen LogP contribution >= 0.6 is 22.7 Å². The fourth-order valence-electron chi connectivity index (χ4n) is 2.57. The number of thiazole rings is 2. The van der Waals surface area contributed by atoms with Gasteiger partial charge in [0.05, 0.1) is 16.1 Å². The van der Waals surface area contributed by atoms with Crippen molar-refractivity contribution in [2.24, 2.45) is 0 Å². The van der Waals surface area contributed by atoms with Crippen LogP contribution in [0, 0.1) is 0 Å². The Labute approximate surface area is 119 Å². The van der Waals surface area contributed by atoms with Crippen LogP contribution in [0.25, 0.3) is 21.1 Å². The third-order valence-corrected chi connectivity index (χ3v) is 5.52. The van der Waals surface area contributed by atoms with Crippen molar-refractivity contribution in [3.63, 3.8) is 0 Å². The molecule has 0 atom stereocenters. The van der Waals surface area contributed by atoms with E-state index in [0.29, 0.717) is 0 Å². The second kappa shape index (κ2) is 4.54. The van der Waals surface area contributed by atoms with Crippen molar-refractivity contribution in [3.8, 4) is 21.1 Å². The van der Waals surface area contributed by atoms with Crippen LogP contribution in [0.15, 0.2) is 36.0 Å². The molecule has 94 valence electrons. The van der Waals surface area contributed by atoms with Gasteiger partial charge in [-0.15, -0.1) is 22.7 Å². The van der Waals surface area contributed by atoms with E-state index in [1.807, 2.05) is 23.0 Å². The molecule has 0 N–H and O–H groups in total. The predicted octanol–water partition coefficient (Wildman–Crippen LogP) is 4.42. The molecule has 2 heterocycles. The number of nitrogens with zero attached hydrogens (tertiary/aromatic N) is 2. The van der Waals surface area contributed by atoms with E-state index in [9.17, 15) is 0 Å². The van der Waals surface area contributed by atoms with E-state index in [1.54, 1.807) is 11.3 Å². The Balaban J connectivity index is 1.90. The molecule has 0 radical (unpaired) electrons. The smallest absolute Gasteiger partial charge is 0.135 e. The zero-order valence-corrected chi connectivity index (χ0v) is 11.9. The zero-order chi connectivity index (χ0) is 12.7. The summed E-state index contributed by atoms with van der Waals surface area (Å²) >= 11 is 3.49. The van der Waals surface area contributed by atoms with Gasteiger partial charge in [-0.2, -0.15) is 0 Å². The third-order valence-electron chi connectivity index (χ3n) is 3.46. The van der Waals surface area contributed by atoms with Gasteiger partial charge in [0.15, 0.2) is 0 Å². The van der Waals surface area contributed by atoms with Crippen molar-refractivity contribution in [1.82, 2.24) is 9.97 Å². The van der Waals surface area contributed by atoms with Crippen LogP contribution in [-0.2, 0) is 12.8 Å². The molecule has 0 spiro atoms. The summed E-state index contributed by atoms with van der Waals surface area (Å²) < 4.78 is 0. The van der Waals surface area contributed by atoms with Crippen LogP contribution in [0.5, 0.6) is 0 Å². The minimum atomic E-state index is 1.12. The molecule has 0 fully saturated rings. The van der Waals surface area contributed by atoms with E-state index >= 15 is 0 Å². The molecule has 2 nitrogen and oxygen atoms in total. The highest BCUT2D eigenvalue weighted by Gasteiger charge is 2.19. The van der Waals surface area contributed by atoms with Crippen molar-refractivity contribution < 1.29 is 0 Å². The Morgan fingerprint density at radius 2 is 2.05 bits per heavy atom. The summed E-state index contributed by atoms with van der Waals surface area (Å²) in [6.07, 6.45) is 5.43. The molecule has 19 heavy (non-hydrogen) atoms. The molecule has 3 aromatic rings. The van der Waals surface area contributed by atoms with Gasteiger partial charge in [-0.05, 0) is 24.8 Å². The highest BCUT2D eigenvalue weighted by molar-refractivity contribution is 7.21. The van der Waals surface area contributed by atoms with E-state index in [4.69, 9.17) is 4.98 Å². The maximum atomic E-state index is 4.88. The second-order valence-electron chi connectivity index (χ2n) is 4.67. The third kappa shape index (κ3) is 1.91. The van der Waals surface area contributed by atoms with Crippen molar-refractivity contribution in [2.45, 2.75) is 19.3 Å². The van der Waals surface area contributed by atoms with Crippen molar-refractivity contribution >= 4 is 22.7 Å². The van der Waals surface area contributed by atoms with Gasteiger partial charge in [-0.3, -0.25) is 4.98 Å². The molecule has 1 aliphatic carbocycles. The first-order chi connectivity index (χ1) is 9.42. The molecule has 0 saturated heterocycles. The van der Waals surface area contributed by atoms with Gasteiger partial charge < -0.3 is 0 Å². The van der Waals surface area contributed by atoms with Crippen molar-refractivity contribution in [3.05, 3.63) is 46.4 Å². The van der Waals surface area contributed by atoms with Gasteiger partial charge in [0.25, 0.3) is 0 Å². The van der Waals surface area contributed by atoms with Gasteiger partial charge in [-0.1, -0.05) is 24.3 Å². The number of rotatable bonds is 1. The standard InChI is InChI=1S/C15H12N2S2/c1-2-6-11-10(4-1)5-3-7-12-14(11)17-15(19-12)13-8-16-9-18-13/h1-2,4,6,8-9H,3,5,7H2. The van der Waals surface area contributed by atoms with E-state index in [0.717, 1.165) is 17.8 Å². The number of aromatic nitrogens is 2. The normalized spacial score (nSPS) is 13.7. The van der Waals surface area contributed by atoms with E-state index in [2.05, 4.69) is 29.2 Å². The SMILES string of the molecule is c1ccc2c(c1)CCCc1sc(-c3cncs3)nc1-2. The summed E-state index contributed by atoms with van der Waals surface area (Å²) in [6.45, 7) is 0. The first-order valence-corrected chi connectivity index (χ1v) is 8.08. The maximum Gasteiger partial charge on any atom is 0.135 e. The molecule has 0 amide bonds. The summed E-state index contributed by atoms with van der Waals surface area (Å²) in [5.74, 6) is 0. The lowest BCUT2D eigenvalue weighted by Gasteiger charge is -2.03. The summed E-state index contributed by atoms with van der Waals surface area (Å²) in [5.41, 5.74) is 5.82. The maximum absolute atomic E-state index is 4.88. The van der Waals surface area contributed by atoms with E-state index in [1.165, 1.54) is 33.0 Å². The molecule has 0 aliphatic heterocycles. The fraction of sp³-hybridized carbons (Fsp3) is 0.200. The minimum Gasteiger partial charge on any atom is -0.252 e. The quantitative estimate of drug-likeness (QED) is 0.661. The Bertz CT molecular complexity index is 714. The van der Waals surface area contributed by atoms with Crippen molar-refractivity contribution in [1.29, 1.82) is 0 Å². The van der Waals surface area contributed by atoms with E-state index < -0.39 is 0 Å². The number of aryl methyl sites for hydroxylation is 2.